The zero-order chi connectivity index (χ0) is 13.7. The molecule has 0 heterocycles. The number of esters is 1. The maximum Gasteiger partial charge on any atom is 0.307 e. The number of benzene rings is 1. The van der Waals surface area contributed by atoms with Crippen molar-refractivity contribution >= 4 is 5.97 Å². The van der Waals surface area contributed by atoms with Crippen molar-refractivity contribution in [3.8, 4) is 0 Å². The number of rotatable bonds is 5. The van der Waals surface area contributed by atoms with Gasteiger partial charge in [-0.15, -0.1) is 0 Å². The number of aryl methyl sites for hydroxylation is 2. The fourth-order valence-corrected chi connectivity index (χ4v) is 2.15. The van der Waals surface area contributed by atoms with Crippen molar-refractivity contribution in [1.29, 1.82) is 0 Å². The monoisotopic (exact) mass is 249 g/mol. The molecule has 0 bridgehead atoms. The molecule has 0 saturated heterocycles. The summed E-state index contributed by atoms with van der Waals surface area (Å²) >= 11 is 0. The molecule has 1 unspecified atom stereocenters. The Bertz CT molecular complexity index is 413. The summed E-state index contributed by atoms with van der Waals surface area (Å²) in [6.45, 7) is 6.43. The van der Waals surface area contributed by atoms with Gasteiger partial charge in [-0.25, -0.2) is 0 Å². The molecule has 3 heteroatoms. The van der Waals surface area contributed by atoms with Crippen LogP contribution in [0.5, 0.6) is 0 Å². The summed E-state index contributed by atoms with van der Waals surface area (Å²) in [5.74, 6) is -0.142. The van der Waals surface area contributed by atoms with Gasteiger partial charge in [-0.1, -0.05) is 23.8 Å². The fraction of sp³-hybridized carbons (Fsp3) is 0.533. The number of hydrogen-bond acceptors (Lipinski definition) is 3. The summed E-state index contributed by atoms with van der Waals surface area (Å²) < 4.78 is 5.04. The molecule has 0 aliphatic carbocycles. The van der Waals surface area contributed by atoms with Crippen LogP contribution in [0.4, 0.5) is 0 Å². The molecule has 0 radical (unpaired) electrons. The van der Waals surface area contributed by atoms with Gasteiger partial charge >= 0.3 is 5.97 Å². The Morgan fingerprint density at radius 2 is 2.00 bits per heavy atom. The molecular formula is C15H23NO2. The molecule has 100 valence electrons. The van der Waals surface area contributed by atoms with E-state index in [1.54, 1.807) is 0 Å². The molecule has 0 spiro atoms. The van der Waals surface area contributed by atoms with Crippen LogP contribution in [-0.4, -0.2) is 31.6 Å². The first-order valence-electron chi connectivity index (χ1n) is 6.35. The lowest BCUT2D eigenvalue weighted by Gasteiger charge is -2.25. The first-order valence-corrected chi connectivity index (χ1v) is 6.35. The topological polar surface area (TPSA) is 29.5 Å². The standard InChI is InChI=1S/C15H23NO2/c1-6-18-15(17)10-14(16(4)5)13-8-7-11(2)9-12(13)3/h7-9,14H,6,10H2,1-5H3. The molecule has 0 saturated carbocycles. The Hall–Kier alpha value is -1.35. The summed E-state index contributed by atoms with van der Waals surface area (Å²) in [5, 5.41) is 0. The second kappa shape index (κ2) is 6.55. The molecule has 18 heavy (non-hydrogen) atoms. The minimum Gasteiger partial charge on any atom is -0.466 e. The van der Waals surface area contributed by atoms with Gasteiger partial charge in [-0.05, 0) is 46.0 Å². The van der Waals surface area contributed by atoms with E-state index in [1.807, 2.05) is 21.0 Å². The lowest BCUT2D eigenvalue weighted by molar-refractivity contribution is -0.144. The highest BCUT2D eigenvalue weighted by atomic mass is 16.5. The van der Waals surface area contributed by atoms with E-state index in [1.165, 1.54) is 16.7 Å². The number of carbonyl (C=O) groups is 1. The molecule has 0 amide bonds. The largest absolute Gasteiger partial charge is 0.466 e. The van der Waals surface area contributed by atoms with Gasteiger partial charge in [0, 0.05) is 6.04 Å². The first kappa shape index (κ1) is 14.7. The summed E-state index contributed by atoms with van der Waals surface area (Å²) in [6.07, 6.45) is 0.394. The van der Waals surface area contributed by atoms with E-state index in [2.05, 4.69) is 36.9 Å². The average Bonchev–Trinajstić information content (AvgIpc) is 2.27. The van der Waals surface area contributed by atoms with E-state index < -0.39 is 0 Å². The van der Waals surface area contributed by atoms with Crippen molar-refractivity contribution in [2.75, 3.05) is 20.7 Å². The Morgan fingerprint density at radius 3 is 2.50 bits per heavy atom. The van der Waals surface area contributed by atoms with Crippen LogP contribution in [0.25, 0.3) is 0 Å². The maximum atomic E-state index is 11.7. The SMILES string of the molecule is CCOC(=O)CC(c1ccc(C)cc1C)N(C)C. The third kappa shape index (κ3) is 3.84. The maximum absolute atomic E-state index is 11.7. The second-order valence-electron chi connectivity index (χ2n) is 4.85. The van der Waals surface area contributed by atoms with Crippen molar-refractivity contribution < 1.29 is 9.53 Å². The average molecular weight is 249 g/mol. The molecule has 3 nitrogen and oxygen atoms in total. The number of carbonyl (C=O) groups excluding carboxylic acids is 1. The quantitative estimate of drug-likeness (QED) is 0.751. The van der Waals surface area contributed by atoms with E-state index in [0.29, 0.717) is 13.0 Å². The normalized spacial score (nSPS) is 12.6. The van der Waals surface area contributed by atoms with Crippen LogP contribution in [-0.2, 0) is 9.53 Å². The van der Waals surface area contributed by atoms with Gasteiger partial charge in [0.05, 0.1) is 13.0 Å². The van der Waals surface area contributed by atoms with Crippen molar-refractivity contribution in [3.05, 3.63) is 34.9 Å². The number of ether oxygens (including phenoxy) is 1. The highest BCUT2D eigenvalue weighted by molar-refractivity contribution is 5.70. The van der Waals surface area contributed by atoms with E-state index in [9.17, 15) is 4.79 Å². The minimum atomic E-state index is -0.142. The Morgan fingerprint density at radius 1 is 1.33 bits per heavy atom. The smallest absolute Gasteiger partial charge is 0.307 e. The molecule has 0 aromatic heterocycles. The van der Waals surface area contributed by atoms with Gasteiger partial charge in [-0.3, -0.25) is 4.79 Å². The molecule has 1 aromatic rings. The van der Waals surface area contributed by atoms with E-state index >= 15 is 0 Å². The third-order valence-electron chi connectivity index (χ3n) is 3.07. The lowest BCUT2D eigenvalue weighted by atomic mass is 9.96. The minimum absolute atomic E-state index is 0.0737. The van der Waals surface area contributed by atoms with Gasteiger partial charge in [-0.2, -0.15) is 0 Å². The molecule has 0 aliphatic heterocycles. The van der Waals surface area contributed by atoms with Crippen LogP contribution in [0, 0.1) is 13.8 Å². The van der Waals surface area contributed by atoms with Gasteiger partial charge in [0.2, 0.25) is 0 Å². The zero-order valence-electron chi connectivity index (χ0n) is 12.0. The molecule has 0 fully saturated rings. The summed E-state index contributed by atoms with van der Waals surface area (Å²) in [6, 6.07) is 6.42. The molecule has 0 N–H and O–H groups in total. The highest BCUT2D eigenvalue weighted by Crippen LogP contribution is 2.26. The summed E-state index contributed by atoms with van der Waals surface area (Å²) in [4.78, 5) is 13.7. The van der Waals surface area contributed by atoms with Crippen LogP contribution in [0.1, 0.15) is 36.1 Å². The van der Waals surface area contributed by atoms with Crippen LogP contribution in [0.15, 0.2) is 18.2 Å². The van der Waals surface area contributed by atoms with Crippen LogP contribution in [0.3, 0.4) is 0 Å². The van der Waals surface area contributed by atoms with Gasteiger partial charge in [0.1, 0.15) is 0 Å². The predicted molar refractivity (Wildman–Crippen MR) is 73.6 cm³/mol. The van der Waals surface area contributed by atoms with Crippen molar-refractivity contribution in [3.63, 3.8) is 0 Å². The van der Waals surface area contributed by atoms with Crippen LogP contribution in [0.2, 0.25) is 0 Å². The lowest BCUT2D eigenvalue weighted by Crippen LogP contribution is -2.24. The Balaban J connectivity index is 2.94. The summed E-state index contributed by atoms with van der Waals surface area (Å²) in [7, 11) is 3.98. The van der Waals surface area contributed by atoms with Crippen molar-refractivity contribution in [2.24, 2.45) is 0 Å². The van der Waals surface area contributed by atoms with E-state index in [-0.39, 0.29) is 12.0 Å². The molecule has 1 atom stereocenters. The molecule has 1 rings (SSSR count). The molecule has 0 aliphatic rings. The first-order chi connectivity index (χ1) is 8.45. The van der Waals surface area contributed by atoms with Gasteiger partial charge in [0.15, 0.2) is 0 Å². The fourth-order valence-electron chi connectivity index (χ4n) is 2.15. The zero-order valence-corrected chi connectivity index (χ0v) is 12.0. The van der Waals surface area contributed by atoms with Crippen molar-refractivity contribution in [2.45, 2.75) is 33.2 Å². The van der Waals surface area contributed by atoms with Crippen LogP contribution < -0.4 is 0 Å². The Labute approximate surface area is 110 Å². The summed E-state index contributed by atoms with van der Waals surface area (Å²) in [5.41, 5.74) is 3.65. The predicted octanol–water partition coefficient (Wildman–Crippen LogP) is 2.86. The highest BCUT2D eigenvalue weighted by Gasteiger charge is 2.20. The molecular weight excluding hydrogens is 226 g/mol. The number of hydrogen-bond donors (Lipinski definition) is 0. The second-order valence-corrected chi connectivity index (χ2v) is 4.85. The number of nitrogens with zero attached hydrogens (tertiary/aromatic N) is 1. The third-order valence-corrected chi connectivity index (χ3v) is 3.07. The van der Waals surface area contributed by atoms with E-state index in [4.69, 9.17) is 4.74 Å². The van der Waals surface area contributed by atoms with E-state index in [0.717, 1.165) is 0 Å². The van der Waals surface area contributed by atoms with Crippen molar-refractivity contribution in [1.82, 2.24) is 4.90 Å². The Kier molecular flexibility index (Phi) is 5.35. The van der Waals surface area contributed by atoms with Gasteiger partial charge in [0.25, 0.3) is 0 Å². The van der Waals surface area contributed by atoms with Gasteiger partial charge < -0.3 is 9.64 Å². The molecule has 1 aromatic carbocycles. The van der Waals surface area contributed by atoms with Crippen LogP contribution >= 0.6 is 0 Å².